The van der Waals surface area contributed by atoms with E-state index in [0.717, 1.165) is 12.1 Å². The van der Waals surface area contributed by atoms with Crippen molar-refractivity contribution >= 4 is 0 Å². The first kappa shape index (κ1) is 15.8. The average Bonchev–Trinajstić information content (AvgIpc) is 2.43. The number of hydrogen-bond acceptors (Lipinski definition) is 3. The molecule has 0 aliphatic heterocycles. The van der Waals surface area contributed by atoms with Crippen molar-refractivity contribution in [3.63, 3.8) is 0 Å². The number of ether oxygens (including phenoxy) is 1. The molecule has 0 saturated carbocycles. The van der Waals surface area contributed by atoms with Crippen LogP contribution in [0.3, 0.4) is 0 Å². The van der Waals surface area contributed by atoms with Gasteiger partial charge in [0.2, 0.25) is 0 Å². The number of phenols is 1. The zero-order chi connectivity index (χ0) is 14.1. The summed E-state index contributed by atoms with van der Waals surface area (Å²) in [6.07, 6.45) is 6.18. The van der Waals surface area contributed by atoms with Crippen LogP contribution in [0.4, 0.5) is 0 Å². The molecular formula is C16H27NO2. The first-order chi connectivity index (χ1) is 9.21. The van der Waals surface area contributed by atoms with Gasteiger partial charge in [-0.3, -0.25) is 0 Å². The largest absolute Gasteiger partial charge is 0.504 e. The minimum Gasteiger partial charge on any atom is -0.504 e. The molecule has 2 N–H and O–H groups in total. The minimum absolute atomic E-state index is 0.197. The molecule has 1 atom stereocenters. The van der Waals surface area contributed by atoms with Gasteiger partial charge in [0.15, 0.2) is 11.5 Å². The van der Waals surface area contributed by atoms with Gasteiger partial charge in [-0.1, -0.05) is 39.2 Å². The lowest BCUT2D eigenvalue weighted by atomic mass is 10.0. The van der Waals surface area contributed by atoms with E-state index in [4.69, 9.17) is 4.74 Å². The van der Waals surface area contributed by atoms with E-state index < -0.39 is 0 Å². The fraction of sp³-hybridized carbons (Fsp3) is 0.625. The lowest BCUT2D eigenvalue weighted by molar-refractivity contribution is 0.372. The third kappa shape index (κ3) is 5.52. The van der Waals surface area contributed by atoms with Gasteiger partial charge < -0.3 is 15.2 Å². The van der Waals surface area contributed by atoms with Crippen LogP contribution >= 0.6 is 0 Å². The summed E-state index contributed by atoms with van der Waals surface area (Å²) < 4.78 is 5.13. The predicted octanol–water partition coefficient (Wildman–Crippen LogP) is 3.85. The van der Waals surface area contributed by atoms with Gasteiger partial charge >= 0.3 is 0 Å². The van der Waals surface area contributed by atoms with Gasteiger partial charge in [0.25, 0.3) is 0 Å². The number of benzene rings is 1. The maximum absolute atomic E-state index is 9.57. The number of methoxy groups -OCH3 is 1. The van der Waals surface area contributed by atoms with Crippen LogP contribution in [0.1, 0.15) is 51.5 Å². The molecule has 0 aliphatic carbocycles. The second-order valence-corrected chi connectivity index (χ2v) is 5.01. The lowest BCUT2D eigenvalue weighted by Gasteiger charge is -2.18. The highest BCUT2D eigenvalue weighted by atomic mass is 16.5. The summed E-state index contributed by atoms with van der Waals surface area (Å²) in [5, 5.41) is 13.2. The summed E-state index contributed by atoms with van der Waals surface area (Å²) in [7, 11) is 1.58. The molecule has 0 radical (unpaired) electrons. The smallest absolute Gasteiger partial charge is 0.160 e. The van der Waals surface area contributed by atoms with Crippen molar-refractivity contribution in [3.8, 4) is 11.5 Å². The SMILES string of the molecule is CCCCC(CCC)NCc1ccc(O)c(OC)c1. The highest BCUT2D eigenvalue weighted by Crippen LogP contribution is 2.26. The van der Waals surface area contributed by atoms with E-state index >= 15 is 0 Å². The molecule has 108 valence electrons. The van der Waals surface area contributed by atoms with Crippen LogP contribution in [-0.4, -0.2) is 18.3 Å². The molecule has 0 amide bonds. The molecule has 1 aromatic rings. The Morgan fingerprint density at radius 2 is 2.00 bits per heavy atom. The number of nitrogens with one attached hydrogen (secondary N) is 1. The third-order valence-electron chi connectivity index (χ3n) is 3.38. The summed E-state index contributed by atoms with van der Waals surface area (Å²) >= 11 is 0. The van der Waals surface area contributed by atoms with Gasteiger partial charge in [-0.25, -0.2) is 0 Å². The molecular weight excluding hydrogens is 238 g/mol. The first-order valence-electron chi connectivity index (χ1n) is 7.30. The van der Waals surface area contributed by atoms with E-state index in [9.17, 15) is 5.11 Å². The Morgan fingerprint density at radius 3 is 2.63 bits per heavy atom. The van der Waals surface area contributed by atoms with Crippen LogP contribution < -0.4 is 10.1 Å². The fourth-order valence-corrected chi connectivity index (χ4v) is 2.24. The van der Waals surface area contributed by atoms with Crippen molar-refractivity contribution in [1.82, 2.24) is 5.32 Å². The molecule has 0 aromatic heterocycles. The Bertz CT molecular complexity index is 366. The van der Waals surface area contributed by atoms with Crippen LogP contribution in [0.5, 0.6) is 11.5 Å². The van der Waals surface area contributed by atoms with Crippen LogP contribution in [0.15, 0.2) is 18.2 Å². The zero-order valence-corrected chi connectivity index (χ0v) is 12.4. The number of hydrogen-bond donors (Lipinski definition) is 2. The van der Waals surface area contributed by atoms with Gasteiger partial charge in [0.05, 0.1) is 7.11 Å². The Hall–Kier alpha value is -1.22. The molecule has 1 aromatic carbocycles. The van der Waals surface area contributed by atoms with E-state index in [1.165, 1.54) is 32.1 Å². The van der Waals surface area contributed by atoms with E-state index in [-0.39, 0.29) is 5.75 Å². The van der Waals surface area contributed by atoms with Gasteiger partial charge in [-0.2, -0.15) is 0 Å². The van der Waals surface area contributed by atoms with Crippen LogP contribution in [0.2, 0.25) is 0 Å². The molecule has 0 fully saturated rings. The van der Waals surface area contributed by atoms with Crippen molar-refractivity contribution in [2.45, 2.75) is 58.5 Å². The van der Waals surface area contributed by atoms with E-state index in [1.807, 2.05) is 12.1 Å². The molecule has 0 saturated heterocycles. The predicted molar refractivity (Wildman–Crippen MR) is 79.7 cm³/mol. The number of rotatable bonds is 9. The van der Waals surface area contributed by atoms with Crippen LogP contribution in [0, 0.1) is 0 Å². The maximum atomic E-state index is 9.57. The second kappa shape index (κ2) is 8.81. The molecule has 0 bridgehead atoms. The van der Waals surface area contributed by atoms with Crippen molar-refractivity contribution < 1.29 is 9.84 Å². The lowest BCUT2D eigenvalue weighted by Crippen LogP contribution is -2.28. The molecule has 0 heterocycles. The van der Waals surface area contributed by atoms with Crippen molar-refractivity contribution in [2.75, 3.05) is 7.11 Å². The molecule has 0 aliphatic rings. The van der Waals surface area contributed by atoms with E-state index in [2.05, 4.69) is 19.2 Å². The van der Waals surface area contributed by atoms with Gasteiger partial charge in [0.1, 0.15) is 0 Å². The first-order valence-corrected chi connectivity index (χ1v) is 7.30. The maximum Gasteiger partial charge on any atom is 0.160 e. The number of phenolic OH excluding ortho intramolecular Hbond substituents is 1. The van der Waals surface area contributed by atoms with E-state index in [1.54, 1.807) is 13.2 Å². The Kier molecular flexibility index (Phi) is 7.34. The topological polar surface area (TPSA) is 41.5 Å². The average molecular weight is 265 g/mol. The van der Waals surface area contributed by atoms with Crippen molar-refractivity contribution in [2.24, 2.45) is 0 Å². The molecule has 3 heteroatoms. The second-order valence-electron chi connectivity index (χ2n) is 5.01. The monoisotopic (exact) mass is 265 g/mol. The minimum atomic E-state index is 0.197. The highest BCUT2D eigenvalue weighted by Gasteiger charge is 2.08. The highest BCUT2D eigenvalue weighted by molar-refractivity contribution is 5.41. The normalized spacial score (nSPS) is 12.4. The number of unbranched alkanes of at least 4 members (excludes halogenated alkanes) is 1. The molecule has 0 spiro atoms. The Labute approximate surface area is 117 Å². The summed E-state index contributed by atoms with van der Waals surface area (Å²) in [5.41, 5.74) is 1.15. The standard InChI is InChI=1S/C16H27NO2/c1-4-6-8-14(7-5-2)17-12-13-9-10-15(18)16(11-13)19-3/h9-11,14,17-18H,4-8,12H2,1-3H3. The molecule has 19 heavy (non-hydrogen) atoms. The quantitative estimate of drug-likeness (QED) is 0.712. The molecule has 1 unspecified atom stereocenters. The summed E-state index contributed by atoms with van der Waals surface area (Å²) in [5.74, 6) is 0.738. The zero-order valence-electron chi connectivity index (χ0n) is 12.4. The van der Waals surface area contributed by atoms with Gasteiger partial charge in [-0.15, -0.1) is 0 Å². The molecule has 1 rings (SSSR count). The van der Waals surface area contributed by atoms with E-state index in [0.29, 0.717) is 11.8 Å². The third-order valence-corrected chi connectivity index (χ3v) is 3.38. The fourth-order valence-electron chi connectivity index (χ4n) is 2.24. The van der Waals surface area contributed by atoms with Crippen LogP contribution in [-0.2, 0) is 6.54 Å². The summed E-state index contributed by atoms with van der Waals surface area (Å²) in [6, 6.07) is 6.11. The van der Waals surface area contributed by atoms with Gasteiger partial charge in [-0.05, 0) is 30.5 Å². The Morgan fingerprint density at radius 1 is 1.21 bits per heavy atom. The summed E-state index contributed by atoms with van der Waals surface area (Å²) in [4.78, 5) is 0. The van der Waals surface area contributed by atoms with Crippen LogP contribution in [0.25, 0.3) is 0 Å². The Balaban J connectivity index is 2.53. The van der Waals surface area contributed by atoms with Crippen molar-refractivity contribution in [1.29, 1.82) is 0 Å². The summed E-state index contributed by atoms with van der Waals surface area (Å²) in [6.45, 7) is 5.28. The van der Waals surface area contributed by atoms with Crippen molar-refractivity contribution in [3.05, 3.63) is 23.8 Å². The number of aromatic hydroxyl groups is 1. The van der Waals surface area contributed by atoms with Gasteiger partial charge in [0, 0.05) is 12.6 Å². The molecule has 3 nitrogen and oxygen atoms in total.